The number of ether oxygens (including phenoxy) is 3. The second-order valence-corrected chi connectivity index (χ2v) is 9.77. The Kier molecular flexibility index (Phi) is 9.76. The van der Waals surface area contributed by atoms with Crippen LogP contribution in [-0.2, 0) is 16.1 Å². The molecule has 40 heavy (non-hydrogen) atoms. The molecule has 4 aromatic rings. The summed E-state index contributed by atoms with van der Waals surface area (Å²) in [5.41, 5.74) is 2.41. The summed E-state index contributed by atoms with van der Waals surface area (Å²) >= 11 is 2.17. The molecule has 0 aliphatic carbocycles. The van der Waals surface area contributed by atoms with Crippen LogP contribution in [0, 0.1) is 14.9 Å². The summed E-state index contributed by atoms with van der Waals surface area (Å²) in [5, 5.41) is 14.7. The summed E-state index contributed by atoms with van der Waals surface area (Å²) in [4.78, 5) is 24.7. The lowest BCUT2D eigenvalue weighted by atomic mass is 10.1. The molecule has 4 rings (SSSR count). The minimum atomic E-state index is -0.573. The summed E-state index contributed by atoms with van der Waals surface area (Å²) < 4.78 is 17.9. The van der Waals surface area contributed by atoms with Crippen LogP contribution in [0.15, 0.2) is 84.4 Å². The van der Waals surface area contributed by atoms with Gasteiger partial charge in [-0.1, -0.05) is 42.5 Å². The van der Waals surface area contributed by atoms with Gasteiger partial charge in [-0.15, -0.1) is 0 Å². The van der Waals surface area contributed by atoms with Gasteiger partial charge < -0.3 is 19.5 Å². The van der Waals surface area contributed by atoms with Gasteiger partial charge in [0.15, 0.2) is 11.5 Å². The number of esters is 1. The van der Waals surface area contributed by atoms with Crippen LogP contribution in [0.3, 0.4) is 0 Å². The smallest absolute Gasteiger partial charge is 0.338 e. The van der Waals surface area contributed by atoms with Gasteiger partial charge in [0, 0.05) is 5.69 Å². The maximum absolute atomic E-state index is 12.8. The summed E-state index contributed by atoms with van der Waals surface area (Å²) in [6.07, 6.45) is 1.50. The van der Waals surface area contributed by atoms with E-state index in [1.54, 1.807) is 37.3 Å². The highest BCUT2D eigenvalue weighted by atomic mass is 127. The molecule has 0 spiro atoms. The van der Waals surface area contributed by atoms with E-state index >= 15 is 0 Å². The molecule has 4 aromatic carbocycles. The average molecular weight is 646 g/mol. The zero-order valence-corrected chi connectivity index (χ0v) is 24.2. The van der Waals surface area contributed by atoms with E-state index in [0.717, 1.165) is 19.9 Å². The summed E-state index contributed by atoms with van der Waals surface area (Å²) in [7, 11) is 0. The molecule has 0 radical (unpaired) electrons. The highest BCUT2D eigenvalue weighted by Gasteiger charge is 2.16. The van der Waals surface area contributed by atoms with Crippen molar-refractivity contribution in [1.29, 1.82) is 5.26 Å². The minimum absolute atomic E-state index is 0.0860. The third-order valence-electron chi connectivity index (χ3n) is 5.91. The fourth-order valence-corrected chi connectivity index (χ4v) is 4.84. The Morgan fingerprint density at radius 3 is 2.42 bits per heavy atom. The number of carbonyl (C=O) groups excluding carboxylic acids is 2. The average Bonchev–Trinajstić information content (AvgIpc) is 2.96. The van der Waals surface area contributed by atoms with Crippen LogP contribution in [0.25, 0.3) is 16.8 Å². The lowest BCUT2D eigenvalue weighted by Crippen LogP contribution is -2.13. The van der Waals surface area contributed by atoms with Crippen LogP contribution >= 0.6 is 22.6 Å². The standard InChI is InChI=1S/C32H27IN2O5/c1-3-38-29-18-21(16-25(19-34)31(36)35-26-14-12-23(13-15-26)32(37)39-4-2)17-28(33)30(29)40-20-24-10-7-9-22-8-5-6-11-27(22)24/h5-18H,3-4,20H2,1-2H3,(H,35,36)/b25-16+. The van der Waals surface area contributed by atoms with E-state index in [4.69, 9.17) is 14.2 Å². The van der Waals surface area contributed by atoms with Crippen LogP contribution in [0.4, 0.5) is 5.69 Å². The van der Waals surface area contributed by atoms with Crippen LogP contribution in [0.1, 0.15) is 35.3 Å². The molecule has 0 aliphatic rings. The van der Waals surface area contributed by atoms with Gasteiger partial charge in [0.05, 0.1) is 22.3 Å². The zero-order valence-electron chi connectivity index (χ0n) is 22.1. The first-order valence-corrected chi connectivity index (χ1v) is 13.8. The Morgan fingerprint density at radius 2 is 1.70 bits per heavy atom. The number of hydrogen-bond donors (Lipinski definition) is 1. The van der Waals surface area contributed by atoms with E-state index in [9.17, 15) is 14.9 Å². The van der Waals surface area contributed by atoms with Crippen molar-refractivity contribution < 1.29 is 23.8 Å². The number of nitrogens with one attached hydrogen (secondary N) is 1. The zero-order chi connectivity index (χ0) is 28.5. The molecule has 0 bridgehead atoms. The Balaban J connectivity index is 1.53. The molecule has 0 saturated heterocycles. The van der Waals surface area contributed by atoms with E-state index in [1.807, 2.05) is 43.3 Å². The fraction of sp³-hybridized carbons (Fsp3) is 0.156. The number of hydrogen-bond acceptors (Lipinski definition) is 6. The van der Waals surface area contributed by atoms with Gasteiger partial charge in [-0.2, -0.15) is 5.26 Å². The van der Waals surface area contributed by atoms with Gasteiger partial charge in [0.25, 0.3) is 5.91 Å². The molecule has 202 valence electrons. The number of fused-ring (bicyclic) bond motifs is 1. The van der Waals surface area contributed by atoms with Crippen LogP contribution in [0.5, 0.6) is 11.5 Å². The fourth-order valence-electron chi connectivity index (χ4n) is 4.06. The molecule has 0 unspecified atom stereocenters. The number of carbonyl (C=O) groups is 2. The highest BCUT2D eigenvalue weighted by Crippen LogP contribution is 2.36. The molecule has 0 aromatic heterocycles. The first-order valence-electron chi connectivity index (χ1n) is 12.7. The van der Waals surface area contributed by atoms with Crippen molar-refractivity contribution in [3.8, 4) is 17.6 Å². The first kappa shape index (κ1) is 28.6. The number of anilines is 1. The van der Waals surface area contributed by atoms with Crippen LogP contribution in [-0.4, -0.2) is 25.1 Å². The Labute approximate surface area is 246 Å². The van der Waals surface area contributed by atoms with Crippen molar-refractivity contribution in [2.75, 3.05) is 18.5 Å². The van der Waals surface area contributed by atoms with Crippen molar-refractivity contribution in [2.45, 2.75) is 20.5 Å². The number of rotatable bonds is 10. The highest BCUT2D eigenvalue weighted by molar-refractivity contribution is 14.1. The van der Waals surface area contributed by atoms with Crippen molar-refractivity contribution in [3.63, 3.8) is 0 Å². The molecule has 1 N–H and O–H groups in total. The van der Waals surface area contributed by atoms with Crippen molar-refractivity contribution in [2.24, 2.45) is 0 Å². The number of benzene rings is 4. The number of amides is 1. The maximum atomic E-state index is 12.8. The van der Waals surface area contributed by atoms with Gasteiger partial charge in [-0.25, -0.2) is 4.79 Å². The third-order valence-corrected chi connectivity index (χ3v) is 6.71. The minimum Gasteiger partial charge on any atom is -0.490 e. The maximum Gasteiger partial charge on any atom is 0.338 e. The van der Waals surface area contributed by atoms with E-state index in [1.165, 1.54) is 6.08 Å². The van der Waals surface area contributed by atoms with Gasteiger partial charge >= 0.3 is 5.97 Å². The molecular weight excluding hydrogens is 619 g/mol. The molecule has 8 heteroatoms. The van der Waals surface area contributed by atoms with E-state index in [2.05, 4.69) is 46.1 Å². The largest absolute Gasteiger partial charge is 0.490 e. The van der Waals surface area contributed by atoms with Crippen molar-refractivity contribution in [3.05, 3.63) is 105 Å². The Hall–Kier alpha value is -4.36. The lowest BCUT2D eigenvalue weighted by molar-refractivity contribution is -0.112. The van der Waals surface area contributed by atoms with Crippen LogP contribution in [0.2, 0.25) is 0 Å². The Morgan fingerprint density at radius 1 is 0.950 bits per heavy atom. The van der Waals surface area contributed by atoms with E-state index < -0.39 is 11.9 Å². The van der Waals surface area contributed by atoms with Crippen LogP contribution < -0.4 is 14.8 Å². The van der Waals surface area contributed by atoms with Crippen molar-refractivity contribution >= 4 is 57.0 Å². The summed E-state index contributed by atoms with van der Waals surface area (Å²) in [6, 6.07) is 26.1. The SMILES string of the molecule is CCOC(=O)c1ccc(NC(=O)/C(C#N)=C/c2cc(I)c(OCc3cccc4ccccc34)c(OCC)c2)cc1. The quantitative estimate of drug-likeness (QED) is 0.0852. The molecular formula is C32H27IN2O5. The lowest BCUT2D eigenvalue weighted by Gasteiger charge is -2.16. The molecule has 0 atom stereocenters. The summed E-state index contributed by atoms with van der Waals surface area (Å²) in [6.45, 7) is 4.66. The monoisotopic (exact) mass is 646 g/mol. The molecule has 0 fully saturated rings. The third kappa shape index (κ3) is 6.98. The van der Waals surface area contributed by atoms with E-state index in [0.29, 0.717) is 41.5 Å². The number of nitriles is 1. The second kappa shape index (κ2) is 13.6. The van der Waals surface area contributed by atoms with Gasteiger partial charge in [-0.05, 0) is 101 Å². The van der Waals surface area contributed by atoms with Gasteiger partial charge in [-0.3, -0.25) is 4.79 Å². The van der Waals surface area contributed by atoms with Gasteiger partial charge in [0.2, 0.25) is 0 Å². The van der Waals surface area contributed by atoms with Gasteiger partial charge in [0.1, 0.15) is 18.2 Å². The molecule has 0 saturated carbocycles. The summed E-state index contributed by atoms with van der Waals surface area (Å²) in [5.74, 6) is 0.100. The molecule has 7 nitrogen and oxygen atoms in total. The van der Waals surface area contributed by atoms with Crippen molar-refractivity contribution in [1.82, 2.24) is 0 Å². The predicted molar refractivity (Wildman–Crippen MR) is 163 cm³/mol. The Bertz CT molecular complexity index is 1600. The molecule has 0 heterocycles. The number of halogens is 1. The topological polar surface area (TPSA) is 97.7 Å². The predicted octanol–water partition coefficient (Wildman–Crippen LogP) is 7.14. The molecule has 1 amide bonds. The second-order valence-electron chi connectivity index (χ2n) is 8.61. The molecule has 0 aliphatic heterocycles. The number of nitrogens with zero attached hydrogens (tertiary/aromatic N) is 1. The normalized spacial score (nSPS) is 11.0. The van der Waals surface area contributed by atoms with E-state index in [-0.39, 0.29) is 12.2 Å². The first-order chi connectivity index (χ1) is 19.4.